The topological polar surface area (TPSA) is 29.5 Å². The highest BCUT2D eigenvalue weighted by atomic mass is 79.9. The zero-order valence-electron chi connectivity index (χ0n) is 11.5. The number of amides is 1. The lowest BCUT2D eigenvalue weighted by Gasteiger charge is -2.18. The number of likely N-dealkylation sites (tertiary alicyclic amines) is 1. The number of hydrogen-bond acceptors (Lipinski definition) is 2. The summed E-state index contributed by atoms with van der Waals surface area (Å²) in [5, 5.41) is 1.01. The Kier molecular flexibility index (Phi) is 4.86. The number of methoxy groups -OCH3 is 1. The van der Waals surface area contributed by atoms with Crippen LogP contribution in [-0.4, -0.2) is 36.3 Å². The van der Waals surface area contributed by atoms with E-state index in [1.54, 1.807) is 7.11 Å². The second kappa shape index (κ2) is 6.42. The average Bonchev–Trinajstić information content (AvgIpc) is 2.87. The maximum atomic E-state index is 12.6. The van der Waals surface area contributed by atoms with Gasteiger partial charge in [-0.05, 0) is 37.8 Å². The summed E-state index contributed by atoms with van der Waals surface area (Å²) in [6.45, 7) is 3.71. The fourth-order valence-electron chi connectivity index (χ4n) is 2.57. The van der Waals surface area contributed by atoms with Gasteiger partial charge in [0.05, 0.1) is 12.7 Å². The number of carbonyl (C=O) groups is 1. The van der Waals surface area contributed by atoms with E-state index < -0.39 is 0 Å². The highest BCUT2D eigenvalue weighted by Crippen LogP contribution is 2.26. The van der Waals surface area contributed by atoms with Crippen molar-refractivity contribution in [2.24, 2.45) is 5.92 Å². The number of benzene rings is 1. The molecule has 1 aliphatic heterocycles. The van der Waals surface area contributed by atoms with Gasteiger partial charge in [-0.25, -0.2) is 0 Å². The van der Waals surface area contributed by atoms with Crippen LogP contribution in [0.25, 0.3) is 0 Å². The third-order valence-electron chi connectivity index (χ3n) is 3.68. The average molecular weight is 326 g/mol. The van der Waals surface area contributed by atoms with Crippen molar-refractivity contribution in [1.82, 2.24) is 4.90 Å². The van der Waals surface area contributed by atoms with Gasteiger partial charge in [0.1, 0.15) is 5.75 Å². The molecule has 0 bridgehead atoms. The van der Waals surface area contributed by atoms with Gasteiger partial charge in [0.25, 0.3) is 5.91 Å². The summed E-state index contributed by atoms with van der Waals surface area (Å²) in [4.78, 5) is 14.5. The molecule has 0 spiro atoms. The van der Waals surface area contributed by atoms with Gasteiger partial charge in [0.15, 0.2) is 0 Å². The van der Waals surface area contributed by atoms with Crippen LogP contribution in [0.15, 0.2) is 18.2 Å². The Morgan fingerprint density at radius 2 is 2.32 bits per heavy atom. The molecule has 1 amide bonds. The van der Waals surface area contributed by atoms with Crippen LogP contribution in [0.1, 0.15) is 28.8 Å². The first-order chi connectivity index (χ1) is 9.15. The van der Waals surface area contributed by atoms with Crippen molar-refractivity contribution in [2.45, 2.75) is 19.8 Å². The van der Waals surface area contributed by atoms with Crippen LogP contribution in [0, 0.1) is 12.8 Å². The maximum absolute atomic E-state index is 12.6. The van der Waals surface area contributed by atoms with E-state index in [-0.39, 0.29) is 5.91 Å². The minimum atomic E-state index is 0.0950. The fraction of sp³-hybridized carbons (Fsp3) is 0.533. The Hall–Kier alpha value is -1.03. The second-order valence-corrected chi connectivity index (χ2v) is 5.88. The number of halogens is 1. The van der Waals surface area contributed by atoms with Crippen LogP contribution in [0.3, 0.4) is 0 Å². The lowest BCUT2D eigenvalue weighted by molar-refractivity contribution is 0.0783. The molecule has 0 radical (unpaired) electrons. The molecule has 1 aliphatic rings. The molecule has 0 N–H and O–H groups in total. The highest BCUT2D eigenvalue weighted by Gasteiger charge is 2.27. The first kappa shape index (κ1) is 14.4. The summed E-state index contributed by atoms with van der Waals surface area (Å²) in [7, 11) is 1.61. The first-order valence-electron chi connectivity index (χ1n) is 6.65. The van der Waals surface area contributed by atoms with E-state index in [1.165, 1.54) is 0 Å². The molecule has 1 saturated heterocycles. The number of hydrogen-bond donors (Lipinski definition) is 0. The lowest BCUT2D eigenvalue weighted by Crippen LogP contribution is -2.29. The normalized spacial score (nSPS) is 18.7. The van der Waals surface area contributed by atoms with Crippen molar-refractivity contribution in [3.63, 3.8) is 0 Å². The van der Waals surface area contributed by atoms with Gasteiger partial charge >= 0.3 is 0 Å². The summed E-state index contributed by atoms with van der Waals surface area (Å²) in [6, 6.07) is 5.75. The summed E-state index contributed by atoms with van der Waals surface area (Å²) >= 11 is 3.47. The zero-order valence-corrected chi connectivity index (χ0v) is 13.1. The quantitative estimate of drug-likeness (QED) is 0.795. The van der Waals surface area contributed by atoms with Gasteiger partial charge in [-0.3, -0.25) is 4.79 Å². The smallest absolute Gasteiger partial charge is 0.257 e. The van der Waals surface area contributed by atoms with Crippen molar-refractivity contribution in [3.05, 3.63) is 29.3 Å². The number of carbonyl (C=O) groups excluding carboxylic acids is 1. The monoisotopic (exact) mass is 325 g/mol. The summed E-state index contributed by atoms with van der Waals surface area (Å²) in [5.74, 6) is 1.39. The number of ether oxygens (including phenoxy) is 1. The third kappa shape index (κ3) is 3.30. The number of rotatable bonds is 4. The number of nitrogens with zero attached hydrogens (tertiary/aromatic N) is 1. The number of alkyl halides is 1. The maximum Gasteiger partial charge on any atom is 0.257 e. The molecule has 3 nitrogen and oxygen atoms in total. The van der Waals surface area contributed by atoms with Crippen molar-refractivity contribution in [3.8, 4) is 5.75 Å². The Labute approximate surface area is 123 Å². The molecule has 1 fully saturated rings. The van der Waals surface area contributed by atoms with E-state index in [0.717, 1.165) is 36.8 Å². The standard InChI is InChI=1S/C15H20BrNO2/c1-11-3-4-14(19-2)13(9-11)15(18)17-8-6-12(10-17)5-7-16/h3-4,9,12H,5-8,10H2,1-2H3. The van der Waals surface area contributed by atoms with Crippen LogP contribution in [0.4, 0.5) is 0 Å². The van der Waals surface area contributed by atoms with Crippen molar-refractivity contribution >= 4 is 21.8 Å². The predicted octanol–water partition coefficient (Wildman–Crippen LogP) is 3.25. The van der Waals surface area contributed by atoms with Crippen LogP contribution in [0.5, 0.6) is 5.75 Å². The lowest BCUT2D eigenvalue weighted by atomic mass is 10.1. The fourth-order valence-corrected chi connectivity index (χ4v) is 3.21. The largest absolute Gasteiger partial charge is 0.496 e. The Morgan fingerprint density at radius 1 is 1.53 bits per heavy atom. The minimum Gasteiger partial charge on any atom is -0.496 e. The van der Waals surface area contributed by atoms with E-state index in [0.29, 0.717) is 17.2 Å². The van der Waals surface area contributed by atoms with E-state index in [2.05, 4.69) is 15.9 Å². The summed E-state index contributed by atoms with van der Waals surface area (Å²) < 4.78 is 5.30. The van der Waals surface area contributed by atoms with Crippen molar-refractivity contribution in [1.29, 1.82) is 0 Å². The molecule has 104 valence electrons. The molecule has 1 unspecified atom stereocenters. The van der Waals surface area contributed by atoms with E-state index in [4.69, 9.17) is 4.74 Å². The highest BCUT2D eigenvalue weighted by molar-refractivity contribution is 9.09. The van der Waals surface area contributed by atoms with Gasteiger partial charge in [0.2, 0.25) is 0 Å². The van der Waals surface area contributed by atoms with E-state index in [1.807, 2.05) is 30.0 Å². The van der Waals surface area contributed by atoms with Crippen LogP contribution < -0.4 is 4.74 Å². The third-order valence-corrected chi connectivity index (χ3v) is 4.13. The Balaban J connectivity index is 2.14. The Bertz CT molecular complexity index is 461. The first-order valence-corrected chi connectivity index (χ1v) is 7.77. The van der Waals surface area contributed by atoms with Gasteiger partial charge in [-0.2, -0.15) is 0 Å². The van der Waals surface area contributed by atoms with Crippen molar-refractivity contribution in [2.75, 3.05) is 25.5 Å². The van der Waals surface area contributed by atoms with Gasteiger partial charge < -0.3 is 9.64 Å². The summed E-state index contributed by atoms with van der Waals surface area (Å²) in [6.07, 6.45) is 2.24. The molecular weight excluding hydrogens is 306 g/mol. The molecule has 0 saturated carbocycles. The molecule has 1 aromatic rings. The summed E-state index contributed by atoms with van der Waals surface area (Å²) in [5.41, 5.74) is 1.77. The van der Waals surface area contributed by atoms with E-state index in [9.17, 15) is 4.79 Å². The molecule has 4 heteroatoms. The molecule has 19 heavy (non-hydrogen) atoms. The molecule has 0 aliphatic carbocycles. The SMILES string of the molecule is COc1ccc(C)cc1C(=O)N1CCC(CCBr)C1. The van der Waals surface area contributed by atoms with Gasteiger partial charge in [-0.15, -0.1) is 0 Å². The molecule has 1 atom stereocenters. The van der Waals surface area contributed by atoms with Crippen LogP contribution >= 0.6 is 15.9 Å². The molecule has 1 heterocycles. The predicted molar refractivity (Wildman–Crippen MR) is 80.2 cm³/mol. The second-order valence-electron chi connectivity index (χ2n) is 5.09. The minimum absolute atomic E-state index is 0.0950. The van der Waals surface area contributed by atoms with E-state index >= 15 is 0 Å². The van der Waals surface area contributed by atoms with Gasteiger partial charge in [-0.1, -0.05) is 27.6 Å². The Morgan fingerprint density at radius 3 is 3.00 bits per heavy atom. The van der Waals surface area contributed by atoms with Gasteiger partial charge in [0, 0.05) is 18.4 Å². The molecule has 2 rings (SSSR count). The molecular formula is C15H20BrNO2. The van der Waals surface area contributed by atoms with Crippen LogP contribution in [-0.2, 0) is 0 Å². The van der Waals surface area contributed by atoms with Crippen molar-refractivity contribution < 1.29 is 9.53 Å². The zero-order chi connectivity index (χ0) is 13.8. The molecule has 1 aromatic carbocycles. The van der Waals surface area contributed by atoms with Crippen LogP contribution in [0.2, 0.25) is 0 Å². The molecule has 0 aromatic heterocycles. The number of aryl methyl sites for hydroxylation is 1.